The zero-order chi connectivity index (χ0) is 37.6. The number of carbonyl (C=O) groups excluding carboxylic acids is 1. The molecule has 0 saturated carbocycles. The average Bonchev–Trinajstić information content (AvgIpc) is 3.13. The number of aliphatic hydroxyl groups excluding tert-OH is 1. The Kier molecular flexibility index (Phi) is 14.7. The number of benzene rings is 4. The van der Waals surface area contributed by atoms with Crippen LogP contribution in [0.1, 0.15) is 113 Å². The van der Waals surface area contributed by atoms with Gasteiger partial charge in [0.25, 0.3) is 0 Å². The quantitative estimate of drug-likeness (QED) is 0.0816. The van der Waals surface area contributed by atoms with Crippen LogP contribution in [0.4, 0.5) is 0 Å². The zero-order valence-electron chi connectivity index (χ0n) is 33.3. The van der Waals surface area contributed by atoms with E-state index >= 15 is 0 Å². The summed E-state index contributed by atoms with van der Waals surface area (Å²) in [6.07, 6.45) is 7.52. The molecule has 0 fully saturated rings. The van der Waals surface area contributed by atoms with Gasteiger partial charge in [-0.2, -0.15) is 0 Å². The molecule has 5 aromatic rings. The molecular weight excluding hydrogens is 817 g/mol. The summed E-state index contributed by atoms with van der Waals surface area (Å²) in [6, 6.07) is 29.8. The third kappa shape index (κ3) is 10.1. The minimum Gasteiger partial charge on any atom is -0.512 e. The number of hydrogen-bond donors (Lipinski definition) is 1. The first kappa shape index (κ1) is 42.7. The van der Waals surface area contributed by atoms with Crippen LogP contribution in [0.15, 0.2) is 91.0 Å². The molecule has 0 atom stereocenters. The fraction of sp³-hybridized carbons (Fsp3) is 0.426. The van der Waals surface area contributed by atoms with Crippen molar-refractivity contribution in [2.24, 2.45) is 16.7 Å². The van der Waals surface area contributed by atoms with Crippen LogP contribution in [0.25, 0.3) is 44.1 Å². The van der Waals surface area contributed by atoms with Crippen molar-refractivity contribution in [2.75, 3.05) is 0 Å². The number of hydrogen-bond acceptors (Lipinski definition) is 4. The second-order valence-electron chi connectivity index (χ2n) is 16.1. The normalized spacial score (nSPS) is 12.4. The van der Waals surface area contributed by atoms with Crippen LogP contribution >= 0.6 is 0 Å². The van der Waals surface area contributed by atoms with Crippen molar-refractivity contribution in [3.63, 3.8) is 0 Å². The Morgan fingerprint density at radius 2 is 1.37 bits per heavy atom. The number of aliphatic hydroxyl groups is 1. The van der Waals surface area contributed by atoms with Crippen molar-refractivity contribution in [3.8, 4) is 22.5 Å². The van der Waals surface area contributed by atoms with Crippen molar-refractivity contribution in [3.05, 3.63) is 108 Å². The van der Waals surface area contributed by atoms with Crippen molar-refractivity contribution < 1.29 is 30.0 Å². The van der Waals surface area contributed by atoms with Gasteiger partial charge in [-0.15, -0.1) is 29.1 Å². The first-order chi connectivity index (χ1) is 24.1. The summed E-state index contributed by atoms with van der Waals surface area (Å²) in [5.74, 6) is 0.940. The van der Waals surface area contributed by atoms with Crippen LogP contribution in [0.2, 0.25) is 0 Å². The molecule has 0 aliphatic rings. The van der Waals surface area contributed by atoms with E-state index in [9.17, 15) is 9.90 Å². The molecule has 5 rings (SSSR count). The van der Waals surface area contributed by atoms with E-state index in [2.05, 4.69) is 123 Å². The molecule has 0 aliphatic heterocycles. The Morgan fingerprint density at radius 3 is 1.98 bits per heavy atom. The summed E-state index contributed by atoms with van der Waals surface area (Å²) in [6.45, 7) is 23.4. The summed E-state index contributed by atoms with van der Waals surface area (Å²) >= 11 is 0. The van der Waals surface area contributed by atoms with Gasteiger partial charge in [0.1, 0.15) is 12.1 Å². The molecule has 0 amide bonds. The largest absolute Gasteiger partial charge is 0.512 e. The fourth-order valence-corrected chi connectivity index (χ4v) is 6.39. The molecule has 52 heavy (non-hydrogen) atoms. The van der Waals surface area contributed by atoms with E-state index < -0.39 is 0 Å². The van der Waals surface area contributed by atoms with Gasteiger partial charge in [0.05, 0.1) is 5.69 Å². The average molecular weight is 876 g/mol. The summed E-state index contributed by atoms with van der Waals surface area (Å²) < 4.78 is 0. The minimum absolute atomic E-state index is 0. The number of ketones is 1. The smallest absolute Gasteiger partial charge is 0.164 e. The molecule has 279 valence electrons. The van der Waals surface area contributed by atoms with E-state index in [0.717, 1.165) is 60.0 Å². The molecular formula is C47H59IrN2O2-. The van der Waals surface area contributed by atoms with Crippen molar-refractivity contribution in [1.29, 1.82) is 0 Å². The molecule has 4 nitrogen and oxygen atoms in total. The van der Waals surface area contributed by atoms with Crippen molar-refractivity contribution in [2.45, 2.75) is 114 Å². The van der Waals surface area contributed by atoms with E-state index in [1.54, 1.807) is 6.33 Å². The Hall–Kier alpha value is -3.66. The number of rotatable bonds is 11. The van der Waals surface area contributed by atoms with E-state index in [0.29, 0.717) is 5.92 Å². The molecule has 0 bridgehead atoms. The molecule has 0 saturated heterocycles. The second-order valence-corrected chi connectivity index (χ2v) is 16.1. The van der Waals surface area contributed by atoms with Gasteiger partial charge in [-0.25, -0.2) is 4.98 Å². The van der Waals surface area contributed by atoms with E-state index in [4.69, 9.17) is 0 Å². The van der Waals surface area contributed by atoms with Gasteiger partial charge in [0.2, 0.25) is 0 Å². The van der Waals surface area contributed by atoms with Crippen LogP contribution in [0.5, 0.6) is 0 Å². The summed E-state index contributed by atoms with van der Waals surface area (Å²) in [5, 5.41) is 15.0. The van der Waals surface area contributed by atoms with Gasteiger partial charge in [-0.3, -0.25) is 9.78 Å². The SMILES string of the molecule is CC(C)Cc1ccc2cc(-c3cc(-c4[c-]c5ccccc5c(C(C)(C)C)c4)ncn3)ccc2c1.CCC(C)(CC)C(=O)/C=C(\O)C(C)(CC)CC.[Ir]. The Labute approximate surface area is 326 Å². The molecule has 1 N–H and O–H groups in total. The fourth-order valence-electron chi connectivity index (χ4n) is 6.39. The number of fused-ring (bicyclic) bond motifs is 2. The Bertz CT molecular complexity index is 1990. The molecule has 0 spiro atoms. The number of carbonyl (C=O) groups is 1. The van der Waals surface area contributed by atoms with Crippen molar-refractivity contribution >= 4 is 27.3 Å². The maximum atomic E-state index is 12.2. The first-order valence-corrected chi connectivity index (χ1v) is 18.8. The maximum absolute atomic E-state index is 12.2. The third-order valence-electron chi connectivity index (χ3n) is 11.0. The first-order valence-electron chi connectivity index (χ1n) is 18.8. The minimum atomic E-state index is -0.337. The molecule has 4 aromatic carbocycles. The van der Waals surface area contributed by atoms with Crippen LogP contribution in [-0.4, -0.2) is 20.9 Å². The molecule has 0 aliphatic carbocycles. The second kappa shape index (κ2) is 17.9. The number of aromatic nitrogens is 2. The summed E-state index contributed by atoms with van der Waals surface area (Å²) in [4.78, 5) is 21.4. The zero-order valence-corrected chi connectivity index (χ0v) is 35.7. The Balaban J connectivity index is 0.000000347. The van der Waals surface area contributed by atoms with Crippen LogP contribution < -0.4 is 0 Å². The molecule has 1 aromatic heterocycles. The summed E-state index contributed by atoms with van der Waals surface area (Å²) in [7, 11) is 0. The van der Waals surface area contributed by atoms with Crippen LogP contribution in [0.3, 0.4) is 0 Å². The summed E-state index contributed by atoms with van der Waals surface area (Å²) in [5.41, 5.74) is 6.04. The Morgan fingerprint density at radius 1 is 0.769 bits per heavy atom. The predicted octanol–water partition coefficient (Wildman–Crippen LogP) is 13.1. The van der Waals surface area contributed by atoms with Gasteiger partial charge < -0.3 is 5.11 Å². The van der Waals surface area contributed by atoms with Gasteiger partial charge >= 0.3 is 0 Å². The van der Waals surface area contributed by atoms with E-state index in [1.165, 1.54) is 33.4 Å². The maximum Gasteiger partial charge on any atom is 0.164 e. The molecule has 1 radical (unpaired) electrons. The topological polar surface area (TPSA) is 63.1 Å². The van der Waals surface area contributed by atoms with Gasteiger partial charge in [-0.05, 0) is 71.9 Å². The number of nitrogens with zero attached hydrogens (tertiary/aromatic N) is 2. The predicted molar refractivity (Wildman–Crippen MR) is 217 cm³/mol. The van der Waals surface area contributed by atoms with Crippen LogP contribution in [0, 0.1) is 22.8 Å². The van der Waals surface area contributed by atoms with Gasteiger partial charge in [0.15, 0.2) is 5.78 Å². The van der Waals surface area contributed by atoms with Gasteiger partial charge in [0, 0.05) is 48.3 Å². The monoisotopic (exact) mass is 876 g/mol. The standard InChI is InChI=1S/C32H31N2.C15H28O2.Ir/c1-21(2)14-22-10-11-24-16-26(13-12-23(24)15-22)30-19-31(34-20-33-30)27-17-25-8-6-7-9-28(25)29(18-27)32(3,4)5;1-7-14(5,8-2)12(16)11-13(17)15(6,9-3)10-4;/h6-13,15-16,18-21H,14H2,1-5H3;11,16H,7-10H2,1-6H3;/q-1;;/b;12-11-;. The molecule has 1 heterocycles. The van der Waals surface area contributed by atoms with E-state index in [-0.39, 0.29) is 47.9 Å². The molecule has 0 unspecified atom stereocenters. The third-order valence-corrected chi connectivity index (χ3v) is 11.0. The number of allylic oxidation sites excluding steroid dienone is 2. The molecule has 5 heteroatoms. The van der Waals surface area contributed by atoms with Gasteiger partial charge in [-0.1, -0.05) is 136 Å². The van der Waals surface area contributed by atoms with E-state index in [1.807, 2.05) is 41.5 Å². The van der Waals surface area contributed by atoms with Crippen molar-refractivity contribution in [1.82, 2.24) is 9.97 Å². The van der Waals surface area contributed by atoms with Crippen LogP contribution in [-0.2, 0) is 36.7 Å².